The van der Waals surface area contributed by atoms with Gasteiger partial charge >= 0.3 is 0 Å². The van der Waals surface area contributed by atoms with Gasteiger partial charge in [-0.2, -0.15) is 0 Å². The molecule has 2 unspecified atom stereocenters. The average Bonchev–Trinajstić information content (AvgIpc) is 2.56. The molecule has 1 heterocycles. The predicted molar refractivity (Wildman–Crippen MR) is 77.5 cm³/mol. The smallest absolute Gasteiger partial charge is 0.0415 e. The summed E-state index contributed by atoms with van der Waals surface area (Å²) in [4.78, 5) is 2.52. The molecule has 1 aromatic carbocycles. The fourth-order valence-electron chi connectivity index (χ4n) is 2.85. The van der Waals surface area contributed by atoms with E-state index in [4.69, 9.17) is 5.73 Å². The maximum Gasteiger partial charge on any atom is 0.0415 e. The van der Waals surface area contributed by atoms with Crippen molar-refractivity contribution in [1.82, 2.24) is 0 Å². The summed E-state index contributed by atoms with van der Waals surface area (Å²) in [6.45, 7) is 6.60. The molecule has 0 fully saturated rings. The molecule has 2 nitrogen and oxygen atoms in total. The van der Waals surface area contributed by atoms with Gasteiger partial charge in [0.15, 0.2) is 0 Å². The number of halogens is 1. The molecule has 1 aliphatic heterocycles. The minimum atomic E-state index is 0.259. The Hall–Kier alpha value is -0.540. The molecule has 3 heteroatoms. The summed E-state index contributed by atoms with van der Waals surface area (Å²) in [6, 6.07) is 7.80. The van der Waals surface area contributed by atoms with Gasteiger partial charge in [-0.15, -0.1) is 0 Å². The fraction of sp³-hybridized carbons (Fsp3) is 0.571. The van der Waals surface area contributed by atoms with Gasteiger partial charge in [-0.1, -0.05) is 22.0 Å². The average molecular weight is 297 g/mol. The van der Waals surface area contributed by atoms with Crippen molar-refractivity contribution in [3.63, 3.8) is 0 Å². The number of hydrogen-bond acceptors (Lipinski definition) is 2. The molecular formula is C14H21BrN2. The van der Waals surface area contributed by atoms with Gasteiger partial charge in [0.25, 0.3) is 0 Å². The van der Waals surface area contributed by atoms with E-state index in [1.807, 2.05) is 0 Å². The van der Waals surface area contributed by atoms with E-state index in [1.165, 1.54) is 15.7 Å². The van der Waals surface area contributed by atoms with Crippen molar-refractivity contribution in [2.45, 2.75) is 51.7 Å². The summed E-state index contributed by atoms with van der Waals surface area (Å²) in [5.74, 6) is 0. The van der Waals surface area contributed by atoms with Crippen molar-refractivity contribution >= 4 is 21.6 Å². The lowest BCUT2D eigenvalue weighted by Crippen LogP contribution is -2.40. The minimum Gasteiger partial charge on any atom is -0.365 e. The second kappa shape index (κ2) is 4.99. The summed E-state index contributed by atoms with van der Waals surface area (Å²) >= 11 is 3.66. The normalized spacial score (nSPS) is 20.8. The molecule has 2 atom stereocenters. The number of fused-ring (bicyclic) bond motifs is 1. The highest BCUT2D eigenvalue weighted by molar-refractivity contribution is 9.10. The predicted octanol–water partition coefficient (Wildman–Crippen LogP) is 3.33. The van der Waals surface area contributed by atoms with Crippen LogP contribution in [0.25, 0.3) is 0 Å². The van der Waals surface area contributed by atoms with Crippen molar-refractivity contribution in [1.29, 1.82) is 0 Å². The fourth-order valence-corrected chi connectivity index (χ4v) is 3.37. The van der Waals surface area contributed by atoms with Crippen molar-refractivity contribution in [2.24, 2.45) is 5.73 Å². The van der Waals surface area contributed by atoms with Crippen LogP contribution in [0.4, 0.5) is 5.69 Å². The number of anilines is 1. The van der Waals surface area contributed by atoms with Crippen molar-refractivity contribution in [2.75, 3.05) is 4.90 Å². The molecule has 0 saturated carbocycles. The lowest BCUT2D eigenvalue weighted by atomic mass is 10.0. The quantitative estimate of drug-likeness (QED) is 0.927. The number of hydrogen-bond donors (Lipinski definition) is 1. The SMILES string of the molecule is CC(N)CC1Cc2c(Br)cccc2N1C(C)C. The summed E-state index contributed by atoms with van der Waals surface area (Å²) in [7, 11) is 0. The Labute approximate surface area is 112 Å². The van der Waals surface area contributed by atoms with Crippen molar-refractivity contribution in [3.8, 4) is 0 Å². The first-order valence-electron chi connectivity index (χ1n) is 6.32. The Morgan fingerprint density at radius 3 is 2.71 bits per heavy atom. The van der Waals surface area contributed by atoms with Crippen LogP contribution in [0, 0.1) is 0 Å². The monoisotopic (exact) mass is 296 g/mol. The van der Waals surface area contributed by atoms with E-state index in [0.717, 1.165) is 12.8 Å². The number of nitrogens with zero attached hydrogens (tertiary/aromatic N) is 1. The molecule has 0 amide bonds. The van der Waals surface area contributed by atoms with E-state index in [9.17, 15) is 0 Å². The molecule has 0 bridgehead atoms. The van der Waals surface area contributed by atoms with Gasteiger partial charge in [0, 0.05) is 28.3 Å². The second-order valence-corrected chi connectivity index (χ2v) is 6.16. The lowest BCUT2D eigenvalue weighted by molar-refractivity contribution is 0.497. The highest BCUT2D eigenvalue weighted by atomic mass is 79.9. The van der Waals surface area contributed by atoms with Gasteiger partial charge in [0.1, 0.15) is 0 Å². The second-order valence-electron chi connectivity index (χ2n) is 5.31. The van der Waals surface area contributed by atoms with E-state index in [2.05, 4.69) is 59.8 Å². The topological polar surface area (TPSA) is 29.3 Å². The molecule has 0 aromatic heterocycles. The first-order valence-corrected chi connectivity index (χ1v) is 7.11. The highest BCUT2D eigenvalue weighted by Crippen LogP contribution is 2.39. The van der Waals surface area contributed by atoms with Crippen LogP contribution >= 0.6 is 15.9 Å². The molecule has 0 radical (unpaired) electrons. The summed E-state index contributed by atoms with van der Waals surface area (Å²) < 4.78 is 1.23. The van der Waals surface area contributed by atoms with Gasteiger partial charge in [0.05, 0.1) is 0 Å². The van der Waals surface area contributed by atoms with Gasteiger partial charge in [-0.05, 0) is 51.3 Å². The van der Waals surface area contributed by atoms with Crippen LogP contribution < -0.4 is 10.6 Å². The zero-order valence-corrected chi connectivity index (χ0v) is 12.4. The van der Waals surface area contributed by atoms with Crippen LogP contribution in [0.5, 0.6) is 0 Å². The molecule has 0 aliphatic carbocycles. The van der Waals surface area contributed by atoms with Crippen LogP contribution in [-0.2, 0) is 6.42 Å². The van der Waals surface area contributed by atoms with Gasteiger partial charge in [-0.3, -0.25) is 0 Å². The van der Waals surface area contributed by atoms with E-state index in [-0.39, 0.29) is 6.04 Å². The van der Waals surface area contributed by atoms with Gasteiger partial charge < -0.3 is 10.6 Å². The van der Waals surface area contributed by atoms with Crippen LogP contribution in [0.3, 0.4) is 0 Å². The number of rotatable bonds is 3. The summed E-state index contributed by atoms with van der Waals surface area (Å²) in [5, 5.41) is 0. The molecular weight excluding hydrogens is 276 g/mol. The molecule has 1 aliphatic rings. The van der Waals surface area contributed by atoms with E-state index >= 15 is 0 Å². The largest absolute Gasteiger partial charge is 0.365 e. The van der Waals surface area contributed by atoms with Crippen LogP contribution in [0.2, 0.25) is 0 Å². The van der Waals surface area contributed by atoms with Crippen LogP contribution in [0.1, 0.15) is 32.8 Å². The minimum absolute atomic E-state index is 0.259. The molecule has 1 aromatic rings. The first kappa shape index (κ1) is 12.9. The highest BCUT2D eigenvalue weighted by Gasteiger charge is 2.32. The van der Waals surface area contributed by atoms with Crippen molar-refractivity contribution in [3.05, 3.63) is 28.2 Å². The molecule has 94 valence electrons. The van der Waals surface area contributed by atoms with Gasteiger partial charge in [0.2, 0.25) is 0 Å². The Kier molecular flexibility index (Phi) is 3.79. The van der Waals surface area contributed by atoms with Crippen LogP contribution in [-0.4, -0.2) is 18.1 Å². The molecule has 2 N–H and O–H groups in total. The molecule has 0 spiro atoms. The number of benzene rings is 1. The Balaban J connectivity index is 2.34. The molecule has 0 saturated heterocycles. The standard InChI is InChI=1S/C14H21BrN2/c1-9(2)17-11(7-10(3)16)8-12-13(15)5-4-6-14(12)17/h4-6,9-11H,7-8,16H2,1-3H3. The third-order valence-electron chi connectivity index (χ3n) is 3.41. The Bertz CT molecular complexity index is 401. The van der Waals surface area contributed by atoms with E-state index in [1.54, 1.807) is 0 Å². The van der Waals surface area contributed by atoms with Crippen LogP contribution in [0.15, 0.2) is 22.7 Å². The maximum atomic E-state index is 5.97. The molecule has 17 heavy (non-hydrogen) atoms. The lowest BCUT2D eigenvalue weighted by Gasteiger charge is -2.32. The molecule has 2 rings (SSSR count). The van der Waals surface area contributed by atoms with E-state index < -0.39 is 0 Å². The maximum absolute atomic E-state index is 5.97. The Morgan fingerprint density at radius 1 is 1.41 bits per heavy atom. The third kappa shape index (κ3) is 2.50. The first-order chi connectivity index (χ1) is 8.00. The van der Waals surface area contributed by atoms with E-state index in [0.29, 0.717) is 12.1 Å². The summed E-state index contributed by atoms with van der Waals surface area (Å²) in [5.41, 5.74) is 8.78. The Morgan fingerprint density at radius 2 is 2.12 bits per heavy atom. The number of nitrogens with two attached hydrogens (primary N) is 1. The van der Waals surface area contributed by atoms with Gasteiger partial charge in [-0.25, -0.2) is 0 Å². The summed E-state index contributed by atoms with van der Waals surface area (Å²) in [6.07, 6.45) is 2.16. The van der Waals surface area contributed by atoms with Crippen molar-refractivity contribution < 1.29 is 0 Å². The zero-order chi connectivity index (χ0) is 12.6. The third-order valence-corrected chi connectivity index (χ3v) is 4.15. The zero-order valence-electron chi connectivity index (χ0n) is 10.8.